The van der Waals surface area contributed by atoms with E-state index in [2.05, 4.69) is 0 Å². The maximum atomic E-state index is 12.4. The molecule has 1 aliphatic heterocycles. The lowest BCUT2D eigenvalue weighted by Gasteiger charge is -2.32. The number of nitriles is 1. The summed E-state index contributed by atoms with van der Waals surface area (Å²) in [6.07, 6.45) is -0.494. The number of rotatable bonds is 2. The average Bonchev–Trinajstić information content (AvgIpc) is 2.94. The Morgan fingerprint density at radius 1 is 1.19 bits per heavy atom. The molecule has 2 aromatic rings. The Hall–Kier alpha value is -3.27. The second-order valence-electron chi connectivity index (χ2n) is 7.38. The summed E-state index contributed by atoms with van der Waals surface area (Å²) in [5.74, 6) is -1.18. The first-order valence-corrected chi connectivity index (χ1v) is 8.65. The predicted octanol–water partition coefficient (Wildman–Crippen LogP) is 3.48. The highest BCUT2D eigenvalue weighted by Gasteiger charge is 2.34. The number of fused-ring (bicyclic) bond motifs is 1. The minimum absolute atomic E-state index is 0.0513. The first-order valence-electron chi connectivity index (χ1n) is 8.65. The van der Waals surface area contributed by atoms with Crippen LogP contribution in [-0.2, 0) is 17.8 Å². The summed E-state index contributed by atoms with van der Waals surface area (Å²) in [5.41, 5.74) is 1.22. The van der Waals surface area contributed by atoms with Crippen LogP contribution in [0.15, 0.2) is 30.3 Å². The van der Waals surface area contributed by atoms with Crippen LogP contribution in [0, 0.1) is 11.3 Å². The van der Waals surface area contributed by atoms with E-state index in [4.69, 9.17) is 4.74 Å². The Kier molecular flexibility index (Phi) is 4.66. The Bertz CT molecular complexity index is 933. The molecule has 1 aliphatic rings. The Morgan fingerprint density at radius 3 is 2.41 bits per heavy atom. The predicted molar refractivity (Wildman–Crippen MR) is 98.2 cm³/mol. The Labute approximate surface area is 157 Å². The summed E-state index contributed by atoms with van der Waals surface area (Å²) in [7, 11) is 0. The first-order chi connectivity index (χ1) is 12.7. The zero-order chi connectivity index (χ0) is 19.8. The van der Waals surface area contributed by atoms with Gasteiger partial charge >= 0.3 is 12.1 Å². The van der Waals surface area contributed by atoms with Crippen molar-refractivity contribution in [2.24, 2.45) is 0 Å². The number of amides is 1. The quantitative estimate of drug-likeness (QED) is 0.877. The van der Waals surface area contributed by atoms with Gasteiger partial charge in [0.15, 0.2) is 0 Å². The van der Waals surface area contributed by atoms with Crippen molar-refractivity contribution < 1.29 is 19.4 Å². The molecule has 27 heavy (non-hydrogen) atoms. The second kappa shape index (κ2) is 6.80. The third kappa shape index (κ3) is 3.51. The fourth-order valence-electron chi connectivity index (χ4n) is 3.28. The van der Waals surface area contributed by atoms with Gasteiger partial charge in [-0.25, -0.2) is 9.59 Å². The van der Waals surface area contributed by atoms with E-state index in [1.165, 1.54) is 4.90 Å². The van der Waals surface area contributed by atoms with Crippen LogP contribution in [0.25, 0.3) is 11.3 Å². The molecule has 1 N–H and O–H groups in total. The molecule has 3 rings (SSSR count). The Balaban J connectivity index is 2.09. The van der Waals surface area contributed by atoms with Crippen LogP contribution in [0.4, 0.5) is 4.79 Å². The molecule has 0 radical (unpaired) electrons. The number of benzene rings is 1. The van der Waals surface area contributed by atoms with Crippen LogP contribution in [0.1, 0.15) is 42.4 Å². The van der Waals surface area contributed by atoms with Gasteiger partial charge in [-0.15, -0.1) is 0 Å². The lowest BCUT2D eigenvalue weighted by Crippen LogP contribution is -2.41. The van der Waals surface area contributed by atoms with Gasteiger partial charge in [0.25, 0.3) is 0 Å². The molecule has 1 aromatic heterocycles. The van der Waals surface area contributed by atoms with E-state index in [0.29, 0.717) is 24.5 Å². The number of carbonyl (C=O) groups excluding carboxylic acids is 1. The summed E-state index contributed by atoms with van der Waals surface area (Å²) in [6.45, 7) is 6.18. The van der Waals surface area contributed by atoms with Crippen molar-refractivity contribution in [1.82, 2.24) is 9.47 Å². The normalized spacial score (nSPS) is 13.6. The lowest BCUT2D eigenvalue weighted by molar-refractivity contribution is 0.0197. The zero-order valence-electron chi connectivity index (χ0n) is 15.5. The summed E-state index contributed by atoms with van der Waals surface area (Å²) in [6, 6.07) is 11.3. The topological polar surface area (TPSA) is 95.6 Å². The molecule has 0 atom stereocenters. The van der Waals surface area contributed by atoms with Gasteiger partial charge in [-0.2, -0.15) is 5.26 Å². The van der Waals surface area contributed by atoms with Gasteiger partial charge in [-0.3, -0.25) is 0 Å². The molecule has 1 aromatic carbocycles. The monoisotopic (exact) mass is 367 g/mol. The van der Waals surface area contributed by atoms with Crippen molar-refractivity contribution >= 4 is 12.1 Å². The smallest absolute Gasteiger partial charge is 0.410 e. The molecule has 7 heteroatoms. The van der Waals surface area contributed by atoms with Crippen molar-refractivity contribution in [1.29, 1.82) is 5.26 Å². The highest BCUT2D eigenvalue weighted by atomic mass is 16.6. The summed E-state index contributed by atoms with van der Waals surface area (Å²) >= 11 is 0. The lowest BCUT2D eigenvalue weighted by atomic mass is 10.0. The third-order valence-corrected chi connectivity index (χ3v) is 4.33. The van der Waals surface area contributed by atoms with E-state index in [1.54, 1.807) is 20.8 Å². The Morgan fingerprint density at radius 2 is 1.85 bits per heavy atom. The largest absolute Gasteiger partial charge is 0.478 e. The number of hydrogen-bond donors (Lipinski definition) is 1. The number of ether oxygens (including phenoxy) is 1. The summed E-state index contributed by atoms with van der Waals surface area (Å²) in [4.78, 5) is 25.8. The number of carboxylic acids is 1. The van der Waals surface area contributed by atoms with Gasteiger partial charge in [-0.1, -0.05) is 30.3 Å². The maximum absolute atomic E-state index is 12.4. The first kappa shape index (κ1) is 18.5. The van der Waals surface area contributed by atoms with E-state index in [9.17, 15) is 20.0 Å². The van der Waals surface area contributed by atoms with Crippen LogP contribution in [0.5, 0.6) is 0 Å². The van der Waals surface area contributed by atoms with Crippen LogP contribution < -0.4 is 0 Å². The molecular formula is C20H21N3O4. The van der Waals surface area contributed by atoms with Crippen molar-refractivity contribution in [3.63, 3.8) is 0 Å². The molecule has 0 spiro atoms. The molecule has 7 nitrogen and oxygen atoms in total. The molecule has 0 bridgehead atoms. The molecule has 1 amide bonds. The average molecular weight is 367 g/mol. The fraction of sp³-hybridized carbons (Fsp3) is 0.350. The SMILES string of the molecule is CC(C)(C)OC(=O)N1CCn2c(c(C(=O)O)c(C#N)c2-c2ccccc2)C1. The van der Waals surface area contributed by atoms with Gasteiger partial charge in [0.05, 0.1) is 23.5 Å². The van der Waals surface area contributed by atoms with E-state index >= 15 is 0 Å². The highest BCUT2D eigenvalue weighted by molar-refractivity contribution is 5.96. The zero-order valence-corrected chi connectivity index (χ0v) is 15.5. The summed E-state index contributed by atoms with van der Waals surface area (Å²) in [5, 5.41) is 19.4. The van der Waals surface area contributed by atoms with Crippen molar-refractivity contribution in [3.05, 3.63) is 47.2 Å². The summed E-state index contributed by atoms with van der Waals surface area (Å²) < 4.78 is 7.24. The molecular weight excluding hydrogens is 346 g/mol. The maximum Gasteiger partial charge on any atom is 0.410 e. The van der Waals surface area contributed by atoms with E-state index in [1.807, 2.05) is 41.0 Å². The highest BCUT2D eigenvalue weighted by Crippen LogP contribution is 2.34. The molecule has 0 unspecified atom stereocenters. The fourth-order valence-corrected chi connectivity index (χ4v) is 3.28. The van der Waals surface area contributed by atoms with Crippen LogP contribution in [0.2, 0.25) is 0 Å². The molecule has 0 saturated carbocycles. The van der Waals surface area contributed by atoms with E-state index < -0.39 is 17.7 Å². The molecule has 140 valence electrons. The van der Waals surface area contributed by atoms with Crippen LogP contribution in [-0.4, -0.2) is 38.8 Å². The standard InChI is InChI=1S/C20H21N3O4/c1-20(2,3)27-19(26)22-9-10-23-15(12-22)16(18(24)25)14(11-21)17(23)13-7-5-4-6-8-13/h4-8H,9-10,12H2,1-3H3,(H,24,25). The molecule has 0 saturated heterocycles. The van der Waals surface area contributed by atoms with Gasteiger partial charge in [0, 0.05) is 13.1 Å². The number of carboxylic acid groups (broad SMARTS) is 1. The molecule has 0 fully saturated rings. The number of carbonyl (C=O) groups is 2. The van der Waals surface area contributed by atoms with E-state index in [-0.39, 0.29) is 17.7 Å². The number of nitrogens with zero attached hydrogens (tertiary/aromatic N) is 3. The van der Waals surface area contributed by atoms with E-state index in [0.717, 1.165) is 5.56 Å². The third-order valence-electron chi connectivity index (χ3n) is 4.33. The minimum atomic E-state index is -1.18. The second-order valence-corrected chi connectivity index (χ2v) is 7.38. The van der Waals surface area contributed by atoms with Crippen LogP contribution >= 0.6 is 0 Å². The van der Waals surface area contributed by atoms with Crippen molar-refractivity contribution in [3.8, 4) is 17.3 Å². The van der Waals surface area contributed by atoms with Gasteiger partial charge in [0.2, 0.25) is 0 Å². The van der Waals surface area contributed by atoms with Gasteiger partial charge < -0.3 is 19.3 Å². The minimum Gasteiger partial charge on any atom is -0.478 e. The number of aromatic nitrogens is 1. The van der Waals surface area contributed by atoms with Crippen LogP contribution in [0.3, 0.4) is 0 Å². The molecule has 0 aliphatic carbocycles. The van der Waals surface area contributed by atoms with Gasteiger partial charge in [-0.05, 0) is 26.3 Å². The molecule has 2 heterocycles. The number of aromatic carboxylic acids is 1. The number of hydrogen-bond acceptors (Lipinski definition) is 4. The van der Waals surface area contributed by atoms with Gasteiger partial charge in [0.1, 0.15) is 17.2 Å². The van der Waals surface area contributed by atoms with Crippen molar-refractivity contribution in [2.45, 2.75) is 39.5 Å². The van der Waals surface area contributed by atoms with Crippen molar-refractivity contribution in [2.75, 3.05) is 6.54 Å².